The second-order valence-corrected chi connectivity index (χ2v) is 5.09. The fourth-order valence-electron chi connectivity index (χ4n) is 2.12. The quantitative estimate of drug-likeness (QED) is 0.826. The van der Waals surface area contributed by atoms with Crippen molar-refractivity contribution >= 4 is 17.4 Å². The van der Waals surface area contributed by atoms with Crippen LogP contribution in [0.3, 0.4) is 0 Å². The normalized spacial score (nSPS) is 27.2. The lowest BCUT2D eigenvalue weighted by Crippen LogP contribution is -2.57. The van der Waals surface area contributed by atoms with E-state index >= 15 is 0 Å². The number of nitrogens with one attached hydrogen (secondary N) is 1. The van der Waals surface area contributed by atoms with E-state index in [0.717, 1.165) is 12.2 Å². The van der Waals surface area contributed by atoms with Crippen LogP contribution in [0.1, 0.15) is 20.3 Å². The largest absolute Gasteiger partial charge is 0.381 e. The third-order valence-corrected chi connectivity index (χ3v) is 3.62. The maximum Gasteiger partial charge on any atom is 0.134 e. The molecule has 2 atom stereocenters. The molecule has 1 aliphatic rings. The molecule has 2 rings (SSSR count). The van der Waals surface area contributed by atoms with Gasteiger partial charge in [0, 0.05) is 24.6 Å². The molecule has 0 aliphatic heterocycles. The van der Waals surface area contributed by atoms with Gasteiger partial charge < -0.3 is 10.1 Å². The van der Waals surface area contributed by atoms with E-state index in [-0.39, 0.29) is 5.41 Å². The summed E-state index contributed by atoms with van der Waals surface area (Å²) in [6.07, 6.45) is 2.76. The minimum Gasteiger partial charge on any atom is -0.381 e. The van der Waals surface area contributed by atoms with Crippen molar-refractivity contribution < 1.29 is 4.74 Å². The van der Waals surface area contributed by atoms with E-state index in [4.69, 9.17) is 16.3 Å². The number of hydrogen-bond acceptors (Lipinski definition) is 4. The predicted molar refractivity (Wildman–Crippen MR) is 63.6 cm³/mol. The summed E-state index contributed by atoms with van der Waals surface area (Å²) in [4.78, 5) is 7.98. The third kappa shape index (κ3) is 1.99. The van der Waals surface area contributed by atoms with Gasteiger partial charge in [0.25, 0.3) is 0 Å². The number of aromatic nitrogens is 2. The summed E-state index contributed by atoms with van der Waals surface area (Å²) in [6.45, 7) is 4.37. The molecule has 0 amide bonds. The van der Waals surface area contributed by atoms with Crippen molar-refractivity contribution in [3.8, 4) is 0 Å². The van der Waals surface area contributed by atoms with E-state index < -0.39 is 0 Å². The fraction of sp³-hybridized carbons (Fsp3) is 0.636. The van der Waals surface area contributed by atoms with Gasteiger partial charge in [-0.15, -0.1) is 0 Å². The van der Waals surface area contributed by atoms with Gasteiger partial charge in [-0.1, -0.05) is 25.4 Å². The molecule has 1 aromatic heterocycles. The summed E-state index contributed by atoms with van der Waals surface area (Å²) in [5, 5.41) is 3.81. The monoisotopic (exact) mass is 241 g/mol. The van der Waals surface area contributed by atoms with E-state index in [2.05, 4.69) is 29.1 Å². The molecule has 0 radical (unpaired) electrons. The molecule has 1 N–H and O–H groups in total. The molecule has 0 spiro atoms. The molecule has 16 heavy (non-hydrogen) atoms. The van der Waals surface area contributed by atoms with E-state index in [1.807, 2.05) is 0 Å². The summed E-state index contributed by atoms with van der Waals surface area (Å²) in [5.74, 6) is 0.771. The summed E-state index contributed by atoms with van der Waals surface area (Å²) in [5.41, 5.74) is 0.117. The molecule has 0 aromatic carbocycles. The highest BCUT2D eigenvalue weighted by Crippen LogP contribution is 2.43. The van der Waals surface area contributed by atoms with Crippen molar-refractivity contribution in [1.29, 1.82) is 0 Å². The Kier molecular flexibility index (Phi) is 3.04. The molecule has 1 aliphatic carbocycles. The zero-order valence-corrected chi connectivity index (χ0v) is 10.5. The topological polar surface area (TPSA) is 47.0 Å². The van der Waals surface area contributed by atoms with Crippen LogP contribution in [0.2, 0.25) is 5.15 Å². The van der Waals surface area contributed by atoms with Gasteiger partial charge in [-0.05, 0) is 6.42 Å². The van der Waals surface area contributed by atoms with Gasteiger partial charge in [-0.25, -0.2) is 9.97 Å². The first-order valence-electron chi connectivity index (χ1n) is 5.31. The Labute approximate surface area is 100 Å². The molecule has 0 saturated heterocycles. The molecule has 1 saturated carbocycles. The average Bonchev–Trinajstić information content (AvgIpc) is 2.23. The number of rotatable bonds is 3. The van der Waals surface area contributed by atoms with Crippen molar-refractivity contribution in [3.63, 3.8) is 0 Å². The van der Waals surface area contributed by atoms with Crippen molar-refractivity contribution in [1.82, 2.24) is 9.97 Å². The first-order chi connectivity index (χ1) is 7.54. The second-order valence-electron chi connectivity index (χ2n) is 4.70. The number of nitrogens with zero attached hydrogens (tertiary/aromatic N) is 2. The summed E-state index contributed by atoms with van der Waals surface area (Å²) in [7, 11) is 1.75. The highest BCUT2D eigenvalue weighted by atomic mass is 35.5. The molecule has 2 unspecified atom stereocenters. The summed E-state index contributed by atoms with van der Waals surface area (Å²) < 4.78 is 5.39. The van der Waals surface area contributed by atoms with Gasteiger partial charge in [0.15, 0.2) is 0 Å². The maximum atomic E-state index is 5.80. The van der Waals surface area contributed by atoms with Crippen LogP contribution in [-0.4, -0.2) is 29.2 Å². The lowest BCUT2D eigenvalue weighted by molar-refractivity contribution is -0.0795. The van der Waals surface area contributed by atoms with Crippen molar-refractivity contribution in [2.24, 2.45) is 5.41 Å². The summed E-state index contributed by atoms with van der Waals surface area (Å²) >= 11 is 5.80. The molecule has 1 heterocycles. The van der Waals surface area contributed by atoms with E-state index in [1.165, 1.54) is 6.33 Å². The first-order valence-corrected chi connectivity index (χ1v) is 5.68. The molecular weight excluding hydrogens is 226 g/mol. The number of anilines is 1. The van der Waals surface area contributed by atoms with Crippen LogP contribution in [0, 0.1) is 5.41 Å². The smallest absolute Gasteiger partial charge is 0.134 e. The minimum atomic E-state index is 0.117. The predicted octanol–water partition coefficient (Wildman–Crippen LogP) is 2.36. The number of methoxy groups -OCH3 is 1. The van der Waals surface area contributed by atoms with Gasteiger partial charge in [0.2, 0.25) is 0 Å². The zero-order chi connectivity index (χ0) is 11.8. The number of hydrogen-bond donors (Lipinski definition) is 1. The van der Waals surface area contributed by atoms with Crippen LogP contribution in [0.4, 0.5) is 5.82 Å². The standard InChI is InChI=1S/C11H16ClN3O/c1-11(2)7(4-8(11)16-3)15-10-5-9(12)13-6-14-10/h5-8H,4H2,1-3H3,(H,13,14,15). The van der Waals surface area contributed by atoms with Crippen LogP contribution in [0.25, 0.3) is 0 Å². The molecule has 4 nitrogen and oxygen atoms in total. The fourth-order valence-corrected chi connectivity index (χ4v) is 2.27. The van der Waals surface area contributed by atoms with Crippen LogP contribution < -0.4 is 5.32 Å². The highest BCUT2D eigenvalue weighted by molar-refractivity contribution is 6.29. The Morgan fingerprint density at radius 1 is 1.50 bits per heavy atom. The van der Waals surface area contributed by atoms with Crippen LogP contribution in [0.15, 0.2) is 12.4 Å². The Hall–Kier alpha value is -0.870. The van der Waals surface area contributed by atoms with Crippen LogP contribution in [-0.2, 0) is 4.74 Å². The Morgan fingerprint density at radius 2 is 2.25 bits per heavy atom. The molecule has 1 aromatic rings. The van der Waals surface area contributed by atoms with Crippen molar-refractivity contribution in [3.05, 3.63) is 17.5 Å². The van der Waals surface area contributed by atoms with Crippen molar-refractivity contribution in [2.75, 3.05) is 12.4 Å². The van der Waals surface area contributed by atoms with Crippen LogP contribution >= 0.6 is 11.6 Å². The zero-order valence-electron chi connectivity index (χ0n) is 9.70. The Morgan fingerprint density at radius 3 is 2.81 bits per heavy atom. The molecule has 88 valence electrons. The summed E-state index contributed by atoms with van der Waals surface area (Å²) in [6, 6.07) is 2.10. The molecule has 1 fully saturated rings. The van der Waals surface area contributed by atoms with Gasteiger partial charge in [-0.3, -0.25) is 0 Å². The molecular formula is C11H16ClN3O. The third-order valence-electron chi connectivity index (χ3n) is 3.42. The maximum absolute atomic E-state index is 5.80. The molecule has 0 bridgehead atoms. The average molecular weight is 242 g/mol. The second kappa shape index (κ2) is 4.18. The van der Waals surface area contributed by atoms with Gasteiger partial charge in [-0.2, -0.15) is 0 Å². The SMILES string of the molecule is COC1CC(Nc2cc(Cl)ncn2)C1(C)C. The van der Waals surface area contributed by atoms with Gasteiger partial charge in [0.1, 0.15) is 17.3 Å². The lowest BCUT2D eigenvalue weighted by Gasteiger charge is -2.51. The van der Waals surface area contributed by atoms with Crippen molar-refractivity contribution in [2.45, 2.75) is 32.4 Å². The van der Waals surface area contributed by atoms with Gasteiger partial charge >= 0.3 is 0 Å². The minimum absolute atomic E-state index is 0.117. The van der Waals surface area contributed by atoms with Gasteiger partial charge in [0.05, 0.1) is 6.10 Å². The van der Waals surface area contributed by atoms with E-state index in [1.54, 1.807) is 13.2 Å². The number of halogens is 1. The highest BCUT2D eigenvalue weighted by Gasteiger charge is 2.48. The molecule has 5 heteroatoms. The first kappa shape index (κ1) is 11.6. The van der Waals surface area contributed by atoms with E-state index in [9.17, 15) is 0 Å². The van der Waals surface area contributed by atoms with Crippen LogP contribution in [0.5, 0.6) is 0 Å². The lowest BCUT2D eigenvalue weighted by atomic mass is 9.64. The Balaban J connectivity index is 2.02. The number of ether oxygens (including phenoxy) is 1. The Bertz CT molecular complexity index is 383. The van der Waals surface area contributed by atoms with E-state index in [0.29, 0.717) is 17.3 Å².